The van der Waals surface area contributed by atoms with E-state index >= 15 is 0 Å². The first-order valence-electron chi connectivity index (χ1n) is 16.0. The summed E-state index contributed by atoms with van der Waals surface area (Å²) in [4.78, 5) is 40.6. The molecule has 0 aliphatic carbocycles. The van der Waals surface area contributed by atoms with Crippen molar-refractivity contribution in [3.05, 3.63) is 24.3 Å². The van der Waals surface area contributed by atoms with Gasteiger partial charge in [0, 0.05) is 71.4 Å². The number of aliphatic hydroxyl groups excluding tert-OH is 2. The number of nitrogens with zero attached hydrogens (tertiary/aromatic N) is 3. The summed E-state index contributed by atoms with van der Waals surface area (Å²) in [6.07, 6.45) is 16.1. The maximum absolute atomic E-state index is 11.7. The van der Waals surface area contributed by atoms with E-state index in [0.29, 0.717) is 78.0 Å². The van der Waals surface area contributed by atoms with E-state index in [1.165, 1.54) is 0 Å². The summed E-state index contributed by atoms with van der Waals surface area (Å²) in [6.45, 7) is 8.15. The van der Waals surface area contributed by atoms with Crippen molar-refractivity contribution in [1.82, 2.24) is 15.1 Å². The van der Waals surface area contributed by atoms with Gasteiger partial charge >= 0.3 is 43.7 Å². The Morgan fingerprint density at radius 3 is 1.76 bits per heavy atom. The Morgan fingerprint density at radius 2 is 1.24 bits per heavy atom. The Kier molecular flexibility index (Phi) is 39.3. The molecule has 0 aromatic heterocycles. The molecule has 0 aliphatic rings. The summed E-state index contributed by atoms with van der Waals surface area (Å²) in [5, 5.41) is 51.3. The minimum absolute atomic E-state index is 0. The monoisotopic (exact) mass is 666 g/mol. The number of hydrogen-bond donors (Lipinski definition) is 4. The third kappa shape index (κ3) is 38.6. The van der Waals surface area contributed by atoms with Crippen molar-refractivity contribution in [3.63, 3.8) is 0 Å². The van der Waals surface area contributed by atoms with Crippen LogP contribution in [0.2, 0.25) is 0 Å². The van der Waals surface area contributed by atoms with Crippen molar-refractivity contribution < 1.29 is 39.9 Å². The molecule has 0 radical (unpaired) electrons. The van der Waals surface area contributed by atoms with E-state index in [1.54, 1.807) is 0 Å². The number of carbonyl (C=O) groups excluding carboxylic acids is 2. The van der Waals surface area contributed by atoms with E-state index in [4.69, 9.17) is 15.3 Å². The number of rotatable bonds is 28. The van der Waals surface area contributed by atoms with Crippen LogP contribution in [0, 0.1) is 0 Å². The average Bonchev–Trinajstić information content (AvgIpc) is 2.99. The van der Waals surface area contributed by atoms with E-state index in [0.717, 1.165) is 38.5 Å². The molecule has 1 amide bonds. The molecule has 0 saturated heterocycles. The zero-order chi connectivity index (χ0) is 33.3. The summed E-state index contributed by atoms with van der Waals surface area (Å²) in [6, 6.07) is 0. The van der Waals surface area contributed by atoms with Gasteiger partial charge in [0.25, 0.3) is 0 Å². The molecular formula is C32H58CaN4O8. The van der Waals surface area contributed by atoms with Gasteiger partial charge in [-0.2, -0.15) is 0 Å². The molecule has 0 unspecified atom stereocenters. The van der Waals surface area contributed by atoms with Crippen LogP contribution in [0.3, 0.4) is 0 Å². The van der Waals surface area contributed by atoms with Crippen molar-refractivity contribution in [1.29, 1.82) is 0 Å². The molecule has 0 spiro atoms. The second kappa shape index (κ2) is 36.9. The fourth-order valence-electron chi connectivity index (χ4n) is 4.02. The number of hydrogen-bond acceptors (Lipinski definition) is 10. The number of allylic oxidation sites excluding steroid dienone is 4. The molecular weight excluding hydrogens is 608 g/mol. The summed E-state index contributed by atoms with van der Waals surface area (Å²) in [7, 11) is 0. The summed E-state index contributed by atoms with van der Waals surface area (Å²) < 4.78 is 0. The number of amides is 1. The van der Waals surface area contributed by atoms with Gasteiger partial charge in [-0.05, 0) is 84.0 Å². The fourth-order valence-corrected chi connectivity index (χ4v) is 4.02. The van der Waals surface area contributed by atoms with Crippen LogP contribution in [0.5, 0.6) is 0 Å². The SMILES string of the molecule is C/C=C/CCCCC(=O)NCCN(CCCO)CCC(=O)O.C/C=C/CCCCC([O-])=NCCN(CCCO)CCC(=O)[O-].[Ca+2]. The van der Waals surface area contributed by atoms with Gasteiger partial charge in [-0.3, -0.25) is 9.59 Å². The van der Waals surface area contributed by atoms with Gasteiger partial charge < -0.3 is 50.4 Å². The molecule has 0 bridgehead atoms. The van der Waals surface area contributed by atoms with Crippen LogP contribution in [0.25, 0.3) is 0 Å². The quantitative estimate of drug-likeness (QED) is 0.0305. The second-order valence-corrected chi connectivity index (χ2v) is 10.4. The summed E-state index contributed by atoms with van der Waals surface area (Å²) in [5.74, 6) is -1.98. The zero-order valence-electron chi connectivity index (χ0n) is 27.8. The topological polar surface area (TPSA) is 189 Å². The van der Waals surface area contributed by atoms with Crippen molar-refractivity contribution in [2.75, 3.05) is 65.6 Å². The van der Waals surface area contributed by atoms with Crippen LogP contribution in [-0.4, -0.2) is 152 Å². The van der Waals surface area contributed by atoms with Crippen molar-refractivity contribution >= 4 is 61.5 Å². The number of carboxylic acid groups (broad SMARTS) is 2. The Balaban J connectivity index is -0.000000767. The second-order valence-electron chi connectivity index (χ2n) is 10.4. The Hall–Kier alpha value is -1.54. The molecule has 0 saturated carbocycles. The van der Waals surface area contributed by atoms with E-state index in [9.17, 15) is 24.6 Å². The number of aliphatic imine (C=N–C) groups is 1. The number of nitrogens with one attached hydrogen (secondary N) is 1. The number of aliphatic hydroxyl groups is 2. The zero-order valence-corrected chi connectivity index (χ0v) is 30.0. The molecule has 4 N–H and O–H groups in total. The predicted molar refractivity (Wildman–Crippen MR) is 176 cm³/mol. The maximum atomic E-state index is 11.7. The average molecular weight is 667 g/mol. The molecule has 0 aliphatic heterocycles. The van der Waals surface area contributed by atoms with Crippen LogP contribution >= 0.6 is 0 Å². The Labute approximate surface area is 300 Å². The van der Waals surface area contributed by atoms with Crippen LogP contribution < -0.4 is 15.5 Å². The molecule has 256 valence electrons. The largest absolute Gasteiger partial charge is 2.00 e. The first kappa shape index (κ1) is 47.9. The standard InChI is InChI=1S/2C16H30N2O4.Ca/c2*1-2-3-4-5-6-8-15(20)17-10-13-18(11-7-14-19)12-9-16(21)22;/h2*2-3,19H,4-14H2,1H3,(H,17,20)(H,21,22);/q;;+2/p-2/b2*3-2+;. The van der Waals surface area contributed by atoms with Crippen molar-refractivity contribution in [3.8, 4) is 0 Å². The summed E-state index contributed by atoms with van der Waals surface area (Å²) >= 11 is 0. The van der Waals surface area contributed by atoms with Crippen LogP contribution in [0.1, 0.15) is 90.9 Å². The minimum Gasteiger partial charge on any atom is -0.862 e. The first-order chi connectivity index (χ1) is 21.2. The van der Waals surface area contributed by atoms with Gasteiger partial charge in [0.15, 0.2) is 0 Å². The molecule has 45 heavy (non-hydrogen) atoms. The molecule has 0 fully saturated rings. The van der Waals surface area contributed by atoms with Crippen molar-refractivity contribution in [2.45, 2.75) is 90.9 Å². The Bertz CT molecular complexity index is 812. The molecule has 0 atom stereocenters. The van der Waals surface area contributed by atoms with Gasteiger partial charge in [-0.15, -0.1) is 0 Å². The number of carboxylic acids is 2. The van der Waals surface area contributed by atoms with Gasteiger partial charge in [-0.1, -0.05) is 24.3 Å². The first-order valence-corrected chi connectivity index (χ1v) is 16.0. The van der Waals surface area contributed by atoms with E-state index in [2.05, 4.69) is 22.5 Å². The number of unbranched alkanes of at least 4 members (excludes halogenated alkanes) is 4. The van der Waals surface area contributed by atoms with Crippen LogP contribution in [-0.2, 0) is 14.4 Å². The fraction of sp³-hybridized carbons (Fsp3) is 0.750. The van der Waals surface area contributed by atoms with Gasteiger partial charge in [-0.25, -0.2) is 0 Å². The normalized spacial score (nSPS) is 11.6. The molecule has 0 aromatic rings. The Morgan fingerprint density at radius 1 is 0.711 bits per heavy atom. The smallest absolute Gasteiger partial charge is 0.862 e. The molecule has 12 nitrogen and oxygen atoms in total. The summed E-state index contributed by atoms with van der Waals surface area (Å²) in [5.41, 5.74) is 0. The van der Waals surface area contributed by atoms with Gasteiger partial charge in [0.05, 0.1) is 13.0 Å². The van der Waals surface area contributed by atoms with E-state index in [1.807, 2.05) is 35.8 Å². The number of aliphatic carboxylic acids is 2. The van der Waals surface area contributed by atoms with E-state index < -0.39 is 11.9 Å². The minimum atomic E-state index is -1.09. The predicted octanol–water partition coefficient (Wildman–Crippen LogP) is 0.724. The van der Waals surface area contributed by atoms with Crippen LogP contribution in [0.4, 0.5) is 0 Å². The maximum Gasteiger partial charge on any atom is 2.00 e. The molecule has 0 rings (SSSR count). The molecule has 13 heteroatoms. The third-order valence-corrected chi connectivity index (χ3v) is 6.50. The third-order valence-electron chi connectivity index (χ3n) is 6.50. The molecule has 0 heterocycles. The number of carbonyl (C=O) groups is 3. The van der Waals surface area contributed by atoms with E-state index in [-0.39, 0.29) is 75.6 Å². The van der Waals surface area contributed by atoms with Crippen molar-refractivity contribution in [2.24, 2.45) is 4.99 Å². The molecule has 0 aromatic carbocycles. The van der Waals surface area contributed by atoms with Gasteiger partial charge in [0.1, 0.15) is 0 Å². The van der Waals surface area contributed by atoms with Crippen LogP contribution in [0.15, 0.2) is 29.3 Å². The van der Waals surface area contributed by atoms with Gasteiger partial charge in [0.2, 0.25) is 5.91 Å².